The van der Waals surface area contributed by atoms with Gasteiger partial charge in [-0.05, 0) is 28.7 Å². The smallest absolute Gasteiger partial charge is 0.293 e. The van der Waals surface area contributed by atoms with Crippen LogP contribution in [0.1, 0.15) is 25.6 Å². The average Bonchev–Trinajstić information content (AvgIpc) is 2.92. The van der Waals surface area contributed by atoms with E-state index in [1.807, 2.05) is 36.4 Å². The lowest BCUT2D eigenvalue weighted by Gasteiger charge is -2.11. The molecule has 0 fully saturated rings. The molecule has 24 heavy (non-hydrogen) atoms. The topological polar surface area (TPSA) is 107 Å². The van der Waals surface area contributed by atoms with Crippen molar-refractivity contribution in [2.45, 2.75) is 26.3 Å². The zero-order valence-corrected chi connectivity index (χ0v) is 15.1. The Kier molecular flexibility index (Phi) is 4.55. The summed E-state index contributed by atoms with van der Waals surface area (Å²) >= 11 is 2.04. The molecule has 3 heterocycles. The highest BCUT2D eigenvalue weighted by Crippen LogP contribution is 2.13. The first-order chi connectivity index (χ1) is 11.5. The van der Waals surface area contributed by atoms with Crippen molar-refractivity contribution in [2.75, 3.05) is 5.32 Å². The Hall–Kier alpha value is -2.37. The first-order valence-electron chi connectivity index (χ1n) is 7.18. The Bertz CT molecular complexity index is 949. The number of nitrogens with one attached hydrogen (secondary N) is 1. The number of aromatic nitrogens is 6. The highest BCUT2D eigenvalue weighted by atomic mass is 127. The van der Waals surface area contributed by atoms with Crippen molar-refractivity contribution in [2.24, 2.45) is 0 Å². The maximum atomic E-state index is 12.5. The summed E-state index contributed by atoms with van der Waals surface area (Å²) in [6, 6.07) is 3.29. The van der Waals surface area contributed by atoms with Gasteiger partial charge < -0.3 is 5.32 Å². The molecule has 0 aromatic carbocycles. The number of hydrogen-bond acceptors (Lipinski definition) is 6. The van der Waals surface area contributed by atoms with Crippen LogP contribution in [0, 0.1) is 3.70 Å². The molecule has 124 valence electrons. The van der Waals surface area contributed by atoms with Gasteiger partial charge in [0.25, 0.3) is 5.56 Å². The van der Waals surface area contributed by atoms with Crippen LogP contribution in [0.4, 0.5) is 5.69 Å². The zero-order chi connectivity index (χ0) is 17.3. The maximum absolute atomic E-state index is 12.5. The molecule has 1 amide bonds. The van der Waals surface area contributed by atoms with Gasteiger partial charge in [-0.25, -0.2) is 9.20 Å². The van der Waals surface area contributed by atoms with Crippen molar-refractivity contribution in [3.8, 4) is 0 Å². The fourth-order valence-corrected chi connectivity index (χ4v) is 2.70. The van der Waals surface area contributed by atoms with Gasteiger partial charge in [-0.15, -0.1) is 0 Å². The second-order valence-corrected chi connectivity index (χ2v) is 6.52. The second-order valence-electron chi connectivity index (χ2n) is 5.42. The van der Waals surface area contributed by atoms with Crippen molar-refractivity contribution in [3.05, 3.63) is 44.4 Å². The van der Waals surface area contributed by atoms with E-state index in [1.54, 1.807) is 12.1 Å². The van der Waals surface area contributed by atoms with Crippen LogP contribution in [-0.2, 0) is 11.3 Å². The average molecular weight is 439 g/mol. The maximum Gasteiger partial charge on any atom is 0.293 e. The highest BCUT2D eigenvalue weighted by Gasteiger charge is 2.17. The third kappa shape index (κ3) is 3.27. The number of amides is 1. The minimum Gasteiger partial charge on any atom is -0.323 e. The number of hydrogen-bond donors (Lipinski definition) is 1. The van der Waals surface area contributed by atoms with Gasteiger partial charge in [-0.2, -0.15) is 20.4 Å². The second kappa shape index (κ2) is 6.63. The SMILES string of the molecule is CC(C)c1nn(CC(=O)Nc2ccnnc2)c(=O)c2cc(I)nn12. The summed E-state index contributed by atoms with van der Waals surface area (Å²) < 4.78 is 3.39. The molecular weight excluding hydrogens is 425 g/mol. The molecule has 3 rings (SSSR count). The third-order valence-corrected chi connectivity index (χ3v) is 3.78. The Morgan fingerprint density at radius 1 is 1.33 bits per heavy atom. The molecule has 0 aliphatic rings. The molecule has 0 bridgehead atoms. The van der Waals surface area contributed by atoms with E-state index >= 15 is 0 Å². The predicted molar refractivity (Wildman–Crippen MR) is 94.7 cm³/mol. The highest BCUT2D eigenvalue weighted by molar-refractivity contribution is 14.1. The molecule has 0 saturated heterocycles. The van der Waals surface area contributed by atoms with Crippen molar-refractivity contribution < 1.29 is 4.79 Å². The first-order valence-corrected chi connectivity index (χ1v) is 8.26. The molecule has 0 radical (unpaired) electrons. The molecule has 0 saturated carbocycles. The van der Waals surface area contributed by atoms with E-state index in [0.29, 0.717) is 20.7 Å². The van der Waals surface area contributed by atoms with Gasteiger partial charge in [0.2, 0.25) is 5.91 Å². The van der Waals surface area contributed by atoms with Crippen LogP contribution < -0.4 is 10.9 Å². The van der Waals surface area contributed by atoms with Gasteiger partial charge in [-0.3, -0.25) is 9.59 Å². The van der Waals surface area contributed by atoms with E-state index in [2.05, 4.69) is 25.7 Å². The minimum atomic E-state index is -0.370. The molecule has 3 aromatic rings. The van der Waals surface area contributed by atoms with Crippen molar-refractivity contribution >= 4 is 39.7 Å². The quantitative estimate of drug-likeness (QED) is 0.610. The standard InChI is InChI=1S/C14H14IN7O2/c1-8(2)13-20-21(14(24)10-5-11(15)19-22(10)13)7-12(23)18-9-3-4-16-17-6-9/h3-6,8H,7H2,1-2H3,(H,16,18,23). The van der Waals surface area contributed by atoms with Gasteiger partial charge in [0, 0.05) is 12.0 Å². The van der Waals surface area contributed by atoms with Gasteiger partial charge in [0.05, 0.1) is 18.1 Å². The van der Waals surface area contributed by atoms with Gasteiger partial charge >= 0.3 is 0 Å². The van der Waals surface area contributed by atoms with Crippen LogP contribution in [0.2, 0.25) is 0 Å². The number of carbonyl (C=O) groups excluding carboxylic acids is 1. The van der Waals surface area contributed by atoms with Crippen LogP contribution >= 0.6 is 22.6 Å². The van der Waals surface area contributed by atoms with Crippen molar-refractivity contribution in [3.63, 3.8) is 0 Å². The Morgan fingerprint density at radius 3 is 2.79 bits per heavy atom. The summed E-state index contributed by atoms with van der Waals surface area (Å²) in [5.41, 5.74) is 0.543. The summed E-state index contributed by atoms with van der Waals surface area (Å²) in [6.07, 6.45) is 2.90. The monoisotopic (exact) mass is 439 g/mol. The first kappa shape index (κ1) is 16.5. The summed E-state index contributed by atoms with van der Waals surface area (Å²) in [7, 11) is 0. The fourth-order valence-electron chi connectivity index (χ4n) is 2.19. The summed E-state index contributed by atoms with van der Waals surface area (Å²) in [5, 5.41) is 18.6. The van der Waals surface area contributed by atoms with Gasteiger partial charge in [0.1, 0.15) is 15.8 Å². The molecule has 0 atom stereocenters. The van der Waals surface area contributed by atoms with E-state index in [-0.39, 0.29) is 23.9 Å². The van der Waals surface area contributed by atoms with E-state index < -0.39 is 0 Å². The lowest BCUT2D eigenvalue weighted by Crippen LogP contribution is -2.32. The molecule has 1 N–H and O–H groups in total. The molecule has 0 unspecified atom stereocenters. The van der Waals surface area contributed by atoms with Crippen LogP contribution in [-0.4, -0.2) is 35.5 Å². The number of anilines is 1. The molecule has 0 spiro atoms. The van der Waals surface area contributed by atoms with Crippen molar-refractivity contribution in [1.82, 2.24) is 29.6 Å². The molecule has 0 aliphatic heterocycles. The summed E-state index contributed by atoms with van der Waals surface area (Å²) in [4.78, 5) is 24.7. The van der Waals surface area contributed by atoms with E-state index in [4.69, 9.17) is 0 Å². The summed E-state index contributed by atoms with van der Waals surface area (Å²) in [6.45, 7) is 3.71. The zero-order valence-electron chi connectivity index (χ0n) is 13.0. The predicted octanol–water partition coefficient (Wildman–Crippen LogP) is 1.05. The minimum absolute atomic E-state index is 0.0440. The Morgan fingerprint density at radius 2 is 2.12 bits per heavy atom. The number of fused-ring (bicyclic) bond motifs is 1. The molecule has 9 nitrogen and oxygen atoms in total. The molecule has 3 aromatic heterocycles. The Labute approximate surface area is 150 Å². The van der Waals surface area contributed by atoms with E-state index in [1.165, 1.54) is 16.9 Å². The molecular formula is C14H14IN7O2. The van der Waals surface area contributed by atoms with Crippen LogP contribution in [0.25, 0.3) is 5.52 Å². The number of rotatable bonds is 4. The third-order valence-electron chi connectivity index (χ3n) is 3.25. The summed E-state index contributed by atoms with van der Waals surface area (Å²) in [5.74, 6) is 0.291. The van der Waals surface area contributed by atoms with Crippen LogP contribution in [0.15, 0.2) is 29.3 Å². The molecule has 10 heteroatoms. The number of carbonyl (C=O) groups is 1. The van der Waals surface area contributed by atoms with E-state index in [0.717, 1.165) is 4.68 Å². The van der Waals surface area contributed by atoms with Gasteiger partial charge in [0.15, 0.2) is 5.82 Å². The van der Waals surface area contributed by atoms with Gasteiger partial charge in [-0.1, -0.05) is 13.8 Å². The lowest BCUT2D eigenvalue weighted by atomic mass is 10.2. The number of nitrogens with zero attached hydrogens (tertiary/aromatic N) is 6. The fraction of sp³-hybridized carbons (Fsp3) is 0.286. The largest absolute Gasteiger partial charge is 0.323 e. The van der Waals surface area contributed by atoms with Crippen molar-refractivity contribution in [1.29, 1.82) is 0 Å². The molecule has 0 aliphatic carbocycles. The van der Waals surface area contributed by atoms with Crippen LogP contribution in [0.3, 0.4) is 0 Å². The Balaban J connectivity index is 1.96. The number of halogens is 1. The normalized spacial score (nSPS) is 11.2. The van der Waals surface area contributed by atoms with E-state index in [9.17, 15) is 9.59 Å². The lowest BCUT2D eigenvalue weighted by molar-refractivity contribution is -0.117. The van der Waals surface area contributed by atoms with Crippen LogP contribution in [0.5, 0.6) is 0 Å².